The van der Waals surface area contributed by atoms with Crippen LogP contribution in [0.1, 0.15) is 21.5 Å². The summed E-state index contributed by atoms with van der Waals surface area (Å²) >= 11 is 0. The van der Waals surface area contributed by atoms with Crippen LogP contribution >= 0.6 is 0 Å². The molecule has 106 valence electrons. The van der Waals surface area contributed by atoms with Gasteiger partial charge >= 0.3 is 5.97 Å². The fourth-order valence-electron chi connectivity index (χ4n) is 2.29. The molecule has 0 atom stereocenters. The van der Waals surface area contributed by atoms with Crippen molar-refractivity contribution in [2.24, 2.45) is 0 Å². The van der Waals surface area contributed by atoms with Gasteiger partial charge in [0.1, 0.15) is 11.8 Å². The highest BCUT2D eigenvalue weighted by molar-refractivity contribution is 5.93. The van der Waals surface area contributed by atoms with Gasteiger partial charge in [0.15, 0.2) is 5.82 Å². The number of aryl methyl sites for hydroxylation is 1. The standard InChI is InChI=1S/C15H14N4O2/c1-10-12(15(20)21)8-19-13(10)14(17-9-18-19)16-7-11-5-3-2-4-6-11/h2-6,8-9H,7H2,1H3,(H,20,21)(H,16,17,18). The van der Waals surface area contributed by atoms with Crippen LogP contribution in [0.4, 0.5) is 5.82 Å². The molecule has 3 aromatic rings. The van der Waals surface area contributed by atoms with E-state index < -0.39 is 5.97 Å². The number of aromatic nitrogens is 3. The number of nitrogens with zero attached hydrogens (tertiary/aromatic N) is 3. The van der Waals surface area contributed by atoms with E-state index in [-0.39, 0.29) is 5.56 Å². The van der Waals surface area contributed by atoms with Crippen molar-refractivity contribution in [3.8, 4) is 0 Å². The van der Waals surface area contributed by atoms with Crippen LogP contribution in [0.3, 0.4) is 0 Å². The average Bonchev–Trinajstić information content (AvgIpc) is 2.84. The monoisotopic (exact) mass is 282 g/mol. The van der Waals surface area contributed by atoms with Crippen molar-refractivity contribution in [3.05, 3.63) is 59.5 Å². The van der Waals surface area contributed by atoms with Gasteiger partial charge in [-0.3, -0.25) is 0 Å². The fourth-order valence-corrected chi connectivity index (χ4v) is 2.29. The lowest BCUT2D eigenvalue weighted by Crippen LogP contribution is -2.04. The Bertz CT molecular complexity index is 796. The third kappa shape index (κ3) is 2.43. The minimum Gasteiger partial charge on any atom is -0.478 e. The molecule has 0 amide bonds. The summed E-state index contributed by atoms with van der Waals surface area (Å²) in [5, 5.41) is 16.5. The van der Waals surface area contributed by atoms with Gasteiger partial charge in [-0.1, -0.05) is 30.3 Å². The van der Waals surface area contributed by atoms with Gasteiger partial charge in [0.25, 0.3) is 0 Å². The Balaban J connectivity index is 1.97. The van der Waals surface area contributed by atoms with Crippen molar-refractivity contribution < 1.29 is 9.90 Å². The number of aromatic carboxylic acids is 1. The molecule has 0 fully saturated rings. The van der Waals surface area contributed by atoms with Gasteiger partial charge in [-0.15, -0.1) is 0 Å². The van der Waals surface area contributed by atoms with E-state index in [4.69, 9.17) is 0 Å². The largest absolute Gasteiger partial charge is 0.478 e. The number of benzene rings is 1. The molecule has 0 aliphatic heterocycles. The Kier molecular flexibility index (Phi) is 3.27. The minimum absolute atomic E-state index is 0.235. The second kappa shape index (κ2) is 5.24. The molecule has 2 heterocycles. The zero-order valence-electron chi connectivity index (χ0n) is 11.4. The Morgan fingerprint density at radius 1 is 1.33 bits per heavy atom. The van der Waals surface area contributed by atoms with Crippen molar-refractivity contribution in [3.63, 3.8) is 0 Å². The molecule has 0 aliphatic carbocycles. The predicted octanol–water partition coefficient (Wildman–Crippen LogP) is 2.35. The third-order valence-corrected chi connectivity index (χ3v) is 3.36. The molecular formula is C15H14N4O2. The van der Waals surface area contributed by atoms with E-state index >= 15 is 0 Å². The highest BCUT2D eigenvalue weighted by atomic mass is 16.4. The number of rotatable bonds is 4. The summed E-state index contributed by atoms with van der Waals surface area (Å²) in [6, 6.07) is 9.93. The van der Waals surface area contributed by atoms with Crippen LogP contribution < -0.4 is 5.32 Å². The Hall–Kier alpha value is -2.89. The number of anilines is 1. The highest BCUT2D eigenvalue weighted by Gasteiger charge is 2.16. The van der Waals surface area contributed by atoms with E-state index in [0.29, 0.717) is 23.4 Å². The number of nitrogens with one attached hydrogen (secondary N) is 1. The molecular weight excluding hydrogens is 268 g/mol. The van der Waals surface area contributed by atoms with Gasteiger partial charge in [-0.2, -0.15) is 5.10 Å². The molecule has 3 rings (SSSR count). The van der Waals surface area contributed by atoms with Crippen LogP contribution in [-0.2, 0) is 6.54 Å². The number of carboxylic acid groups (broad SMARTS) is 1. The van der Waals surface area contributed by atoms with E-state index in [2.05, 4.69) is 15.4 Å². The molecule has 0 aliphatic rings. The van der Waals surface area contributed by atoms with Crippen molar-refractivity contribution in [2.45, 2.75) is 13.5 Å². The lowest BCUT2D eigenvalue weighted by molar-refractivity contribution is 0.0696. The Morgan fingerprint density at radius 3 is 2.81 bits per heavy atom. The first-order valence-corrected chi connectivity index (χ1v) is 6.51. The quantitative estimate of drug-likeness (QED) is 0.768. The van der Waals surface area contributed by atoms with Crippen molar-refractivity contribution in [1.29, 1.82) is 0 Å². The molecule has 0 unspecified atom stereocenters. The van der Waals surface area contributed by atoms with Crippen LogP contribution in [0.25, 0.3) is 5.52 Å². The zero-order valence-corrected chi connectivity index (χ0v) is 11.4. The molecule has 0 bridgehead atoms. The van der Waals surface area contributed by atoms with E-state index in [0.717, 1.165) is 5.56 Å². The van der Waals surface area contributed by atoms with Crippen molar-refractivity contribution >= 4 is 17.3 Å². The number of fused-ring (bicyclic) bond motifs is 1. The topological polar surface area (TPSA) is 79.5 Å². The number of carboxylic acids is 1. The van der Waals surface area contributed by atoms with Crippen LogP contribution in [0, 0.1) is 6.92 Å². The molecule has 0 saturated carbocycles. The molecule has 2 aromatic heterocycles. The predicted molar refractivity (Wildman–Crippen MR) is 78.5 cm³/mol. The highest BCUT2D eigenvalue weighted by Crippen LogP contribution is 2.22. The first kappa shape index (κ1) is 13.1. The van der Waals surface area contributed by atoms with Crippen molar-refractivity contribution in [1.82, 2.24) is 14.6 Å². The summed E-state index contributed by atoms with van der Waals surface area (Å²) < 4.78 is 1.54. The van der Waals surface area contributed by atoms with E-state index in [9.17, 15) is 9.90 Å². The van der Waals surface area contributed by atoms with Gasteiger partial charge in [0.05, 0.1) is 5.56 Å². The molecule has 0 saturated heterocycles. The second-order valence-electron chi connectivity index (χ2n) is 4.71. The number of hydrogen-bond acceptors (Lipinski definition) is 4. The summed E-state index contributed by atoms with van der Waals surface area (Å²) in [6.07, 6.45) is 2.91. The third-order valence-electron chi connectivity index (χ3n) is 3.36. The first-order chi connectivity index (χ1) is 10.2. The number of carbonyl (C=O) groups is 1. The van der Waals surface area contributed by atoms with Gasteiger partial charge in [0, 0.05) is 12.7 Å². The van der Waals surface area contributed by atoms with Crippen LogP contribution in [-0.4, -0.2) is 25.7 Å². The lowest BCUT2D eigenvalue weighted by atomic mass is 10.2. The summed E-state index contributed by atoms with van der Waals surface area (Å²) in [5.41, 5.74) is 2.69. The Morgan fingerprint density at radius 2 is 2.10 bits per heavy atom. The molecule has 1 aromatic carbocycles. The summed E-state index contributed by atoms with van der Waals surface area (Å²) in [6.45, 7) is 2.37. The normalized spacial score (nSPS) is 10.7. The van der Waals surface area contributed by atoms with Crippen LogP contribution in [0.5, 0.6) is 0 Å². The van der Waals surface area contributed by atoms with Gasteiger partial charge < -0.3 is 10.4 Å². The van der Waals surface area contributed by atoms with E-state index in [1.165, 1.54) is 12.5 Å². The zero-order chi connectivity index (χ0) is 14.8. The fraction of sp³-hybridized carbons (Fsp3) is 0.133. The molecule has 6 heteroatoms. The van der Waals surface area contributed by atoms with E-state index in [1.807, 2.05) is 30.3 Å². The summed E-state index contributed by atoms with van der Waals surface area (Å²) in [4.78, 5) is 15.4. The number of hydrogen-bond donors (Lipinski definition) is 2. The average molecular weight is 282 g/mol. The van der Waals surface area contributed by atoms with Gasteiger partial charge in [-0.05, 0) is 18.1 Å². The maximum Gasteiger partial charge on any atom is 0.337 e. The maximum atomic E-state index is 11.2. The lowest BCUT2D eigenvalue weighted by Gasteiger charge is -2.07. The van der Waals surface area contributed by atoms with Gasteiger partial charge in [-0.25, -0.2) is 14.3 Å². The molecule has 2 N–H and O–H groups in total. The SMILES string of the molecule is Cc1c(C(=O)O)cn2ncnc(NCc3ccccc3)c12. The maximum absolute atomic E-state index is 11.2. The van der Waals surface area contributed by atoms with Crippen LogP contribution in [0.15, 0.2) is 42.9 Å². The summed E-state index contributed by atoms with van der Waals surface area (Å²) in [7, 11) is 0. The van der Waals surface area contributed by atoms with Crippen molar-refractivity contribution in [2.75, 3.05) is 5.32 Å². The first-order valence-electron chi connectivity index (χ1n) is 6.51. The van der Waals surface area contributed by atoms with Crippen LogP contribution in [0.2, 0.25) is 0 Å². The molecule has 6 nitrogen and oxygen atoms in total. The molecule has 0 spiro atoms. The second-order valence-corrected chi connectivity index (χ2v) is 4.71. The summed E-state index contributed by atoms with van der Waals surface area (Å²) in [5.74, 6) is -0.342. The molecule has 21 heavy (non-hydrogen) atoms. The molecule has 0 radical (unpaired) electrons. The van der Waals surface area contributed by atoms with Gasteiger partial charge in [0.2, 0.25) is 0 Å². The Labute approximate surface area is 121 Å². The minimum atomic E-state index is -0.966. The smallest absolute Gasteiger partial charge is 0.337 e. The van der Waals surface area contributed by atoms with E-state index in [1.54, 1.807) is 11.4 Å².